The normalized spacial score (nSPS) is 10.3. The summed E-state index contributed by atoms with van der Waals surface area (Å²) in [6.45, 7) is 1.18. The fraction of sp³-hybridized carbons (Fsp3) is 0.250. The Morgan fingerprint density at radius 3 is 2.04 bits per heavy atom. The van der Waals surface area contributed by atoms with Crippen molar-refractivity contribution in [1.29, 1.82) is 0 Å². The Morgan fingerprint density at radius 1 is 0.857 bits per heavy atom. The lowest BCUT2D eigenvalue weighted by Crippen LogP contribution is -2.03. The summed E-state index contributed by atoms with van der Waals surface area (Å²) in [5.41, 5.74) is 0.616. The molecule has 0 fully saturated rings. The number of aldehydes is 1. The van der Waals surface area contributed by atoms with Crippen LogP contribution >= 0.6 is 46.4 Å². The molecule has 4 nitrogen and oxygen atoms in total. The first-order chi connectivity index (χ1) is 13.5. The van der Waals surface area contributed by atoms with Gasteiger partial charge in [0.25, 0.3) is 0 Å². The second-order valence-electron chi connectivity index (χ2n) is 5.61. The van der Waals surface area contributed by atoms with Crippen LogP contribution in [0.2, 0.25) is 10.0 Å². The van der Waals surface area contributed by atoms with Crippen molar-refractivity contribution in [1.82, 2.24) is 0 Å². The number of ether oxygens (including phenoxy) is 3. The molecule has 8 heteroatoms. The maximum atomic E-state index is 10.6. The highest BCUT2D eigenvalue weighted by molar-refractivity contribution is 6.55. The molecule has 2 rings (SSSR count). The smallest absolute Gasteiger partial charge is 0.156 e. The van der Waals surface area contributed by atoms with Crippen molar-refractivity contribution >= 4 is 52.7 Å². The monoisotopic (exact) mass is 462 g/mol. The topological polar surface area (TPSA) is 44.8 Å². The number of halogens is 4. The van der Waals surface area contributed by atoms with E-state index >= 15 is 0 Å². The molecule has 28 heavy (non-hydrogen) atoms. The van der Waals surface area contributed by atoms with Crippen LogP contribution in [0.5, 0.6) is 17.2 Å². The summed E-state index contributed by atoms with van der Waals surface area (Å²) < 4.78 is 16.9. The van der Waals surface area contributed by atoms with Gasteiger partial charge in [-0.3, -0.25) is 4.79 Å². The first-order valence-electron chi connectivity index (χ1n) is 8.43. The Morgan fingerprint density at radius 2 is 1.46 bits per heavy atom. The largest absolute Gasteiger partial charge is 0.494 e. The molecule has 0 N–H and O–H groups in total. The second kappa shape index (κ2) is 12.1. The van der Waals surface area contributed by atoms with Gasteiger partial charge in [-0.05, 0) is 43.2 Å². The molecule has 0 radical (unpaired) electrons. The van der Waals surface area contributed by atoms with E-state index in [0.717, 1.165) is 24.9 Å². The summed E-state index contributed by atoms with van der Waals surface area (Å²) in [6.07, 6.45) is 3.85. The average molecular weight is 464 g/mol. The van der Waals surface area contributed by atoms with Crippen molar-refractivity contribution in [2.45, 2.75) is 12.8 Å². The van der Waals surface area contributed by atoms with Gasteiger partial charge in [-0.15, -0.1) is 0 Å². The third-order valence-electron chi connectivity index (χ3n) is 3.53. The van der Waals surface area contributed by atoms with Crippen molar-refractivity contribution in [3.05, 3.63) is 62.6 Å². The second-order valence-corrected chi connectivity index (χ2v) is 7.43. The molecular formula is C20H18Cl4O4. The molecule has 0 saturated carbocycles. The highest BCUT2D eigenvalue weighted by Crippen LogP contribution is 2.37. The zero-order chi connectivity index (χ0) is 20.4. The molecule has 0 heterocycles. The van der Waals surface area contributed by atoms with Gasteiger partial charge in [0, 0.05) is 17.7 Å². The summed E-state index contributed by atoms with van der Waals surface area (Å²) in [5.74, 6) is 1.62. The summed E-state index contributed by atoms with van der Waals surface area (Å²) in [7, 11) is 0. The van der Waals surface area contributed by atoms with E-state index in [1.165, 1.54) is 6.08 Å². The van der Waals surface area contributed by atoms with Crippen LogP contribution < -0.4 is 14.2 Å². The standard InChI is InChI=1S/C20H18Cl4O4/c21-17-11-16(27-10-7-19(23)24)12-18(22)20(17)28-9-2-1-8-26-15-5-3-14(13-25)4-6-15/h3-7,11-13H,1-2,8-10H2. The molecule has 0 aromatic heterocycles. The number of hydrogen-bond acceptors (Lipinski definition) is 4. The number of unbranched alkanes of at least 4 members (excludes halogenated alkanes) is 1. The van der Waals surface area contributed by atoms with E-state index in [9.17, 15) is 4.79 Å². The van der Waals surface area contributed by atoms with E-state index in [1.807, 2.05) is 0 Å². The van der Waals surface area contributed by atoms with Gasteiger partial charge in [0.05, 0.1) is 23.3 Å². The van der Waals surface area contributed by atoms with E-state index in [2.05, 4.69) is 0 Å². The molecule has 0 saturated heterocycles. The van der Waals surface area contributed by atoms with E-state index in [4.69, 9.17) is 60.6 Å². The lowest BCUT2D eigenvalue weighted by molar-refractivity contribution is 0.112. The Bertz CT molecular complexity index is 779. The fourth-order valence-electron chi connectivity index (χ4n) is 2.17. The Kier molecular flexibility index (Phi) is 9.79. The summed E-state index contributed by atoms with van der Waals surface area (Å²) in [5, 5.41) is 0.713. The van der Waals surface area contributed by atoms with Crippen molar-refractivity contribution in [2.24, 2.45) is 0 Å². The lowest BCUT2D eigenvalue weighted by atomic mass is 10.2. The molecule has 0 unspecified atom stereocenters. The van der Waals surface area contributed by atoms with Gasteiger partial charge in [-0.2, -0.15) is 0 Å². The first-order valence-corrected chi connectivity index (χ1v) is 9.94. The van der Waals surface area contributed by atoms with Crippen molar-refractivity contribution in [3.63, 3.8) is 0 Å². The van der Waals surface area contributed by atoms with Crippen molar-refractivity contribution in [3.8, 4) is 17.2 Å². The van der Waals surface area contributed by atoms with Crippen LogP contribution in [-0.2, 0) is 0 Å². The van der Waals surface area contributed by atoms with Gasteiger partial charge in [-0.25, -0.2) is 0 Å². The zero-order valence-corrected chi connectivity index (χ0v) is 17.8. The minimum atomic E-state index is 0.124. The van der Waals surface area contributed by atoms with Crippen LogP contribution in [0.4, 0.5) is 0 Å². The zero-order valence-electron chi connectivity index (χ0n) is 14.8. The molecule has 2 aromatic carbocycles. The third-order valence-corrected chi connectivity index (χ3v) is 4.40. The Hall–Kier alpha value is -1.59. The van der Waals surface area contributed by atoms with Crippen LogP contribution in [0.1, 0.15) is 23.2 Å². The SMILES string of the molecule is O=Cc1ccc(OCCCCOc2c(Cl)cc(OCC=C(Cl)Cl)cc2Cl)cc1. The van der Waals surface area contributed by atoms with Gasteiger partial charge in [0.2, 0.25) is 0 Å². The molecule has 0 spiro atoms. The molecule has 0 atom stereocenters. The van der Waals surface area contributed by atoms with E-state index < -0.39 is 0 Å². The molecule has 0 aliphatic carbocycles. The predicted octanol–water partition coefficient (Wildman–Crippen LogP) is 6.74. The number of rotatable bonds is 11. The third kappa shape index (κ3) is 7.80. The number of benzene rings is 2. The summed E-state index contributed by atoms with van der Waals surface area (Å²) in [4.78, 5) is 10.6. The fourth-order valence-corrected chi connectivity index (χ4v) is 2.87. The number of carbonyl (C=O) groups is 1. The Balaban J connectivity index is 1.73. The number of carbonyl (C=O) groups excluding carboxylic acids is 1. The van der Waals surface area contributed by atoms with Gasteiger partial charge in [-0.1, -0.05) is 46.4 Å². The molecule has 0 amide bonds. The highest BCUT2D eigenvalue weighted by Gasteiger charge is 2.10. The van der Waals surface area contributed by atoms with E-state index in [0.29, 0.717) is 40.3 Å². The maximum Gasteiger partial charge on any atom is 0.156 e. The van der Waals surface area contributed by atoms with Crippen LogP contribution in [0.25, 0.3) is 0 Å². The van der Waals surface area contributed by atoms with Crippen LogP contribution in [0.3, 0.4) is 0 Å². The predicted molar refractivity (Wildman–Crippen MR) is 114 cm³/mol. The summed E-state index contributed by atoms with van der Waals surface area (Å²) >= 11 is 23.5. The minimum absolute atomic E-state index is 0.124. The molecule has 0 aliphatic heterocycles. The summed E-state index contributed by atoms with van der Waals surface area (Å²) in [6, 6.07) is 10.2. The quantitative estimate of drug-likeness (QED) is 0.273. The molecule has 2 aromatic rings. The van der Waals surface area contributed by atoms with Gasteiger partial charge >= 0.3 is 0 Å². The lowest BCUT2D eigenvalue weighted by Gasteiger charge is -2.12. The molecular weight excluding hydrogens is 446 g/mol. The van der Waals surface area contributed by atoms with Crippen LogP contribution in [-0.4, -0.2) is 26.1 Å². The maximum absolute atomic E-state index is 10.6. The van der Waals surface area contributed by atoms with Crippen molar-refractivity contribution < 1.29 is 19.0 Å². The van der Waals surface area contributed by atoms with Gasteiger partial charge in [0.1, 0.15) is 28.9 Å². The molecule has 0 bridgehead atoms. The number of hydrogen-bond donors (Lipinski definition) is 0. The minimum Gasteiger partial charge on any atom is -0.494 e. The van der Waals surface area contributed by atoms with Crippen molar-refractivity contribution in [2.75, 3.05) is 19.8 Å². The molecule has 0 aliphatic rings. The Labute approximate surface area is 183 Å². The van der Waals surface area contributed by atoms with Crippen LogP contribution in [0, 0.1) is 0 Å². The van der Waals surface area contributed by atoms with E-state index in [1.54, 1.807) is 36.4 Å². The van der Waals surface area contributed by atoms with E-state index in [-0.39, 0.29) is 11.1 Å². The average Bonchev–Trinajstić information content (AvgIpc) is 2.66. The van der Waals surface area contributed by atoms with Gasteiger partial charge in [0.15, 0.2) is 5.75 Å². The first kappa shape index (κ1) is 22.7. The van der Waals surface area contributed by atoms with Crippen LogP contribution in [0.15, 0.2) is 47.0 Å². The highest BCUT2D eigenvalue weighted by atomic mass is 35.5. The molecule has 150 valence electrons. The van der Waals surface area contributed by atoms with Gasteiger partial charge < -0.3 is 14.2 Å².